The molecule has 0 aliphatic carbocycles. The largest absolute Gasteiger partial charge is 0.444 e. The lowest BCUT2D eigenvalue weighted by molar-refractivity contribution is 0.155. The van der Waals surface area contributed by atoms with Gasteiger partial charge in [-0.1, -0.05) is 71.2 Å². The van der Waals surface area contributed by atoms with Gasteiger partial charge in [0.15, 0.2) is 9.84 Å². The highest BCUT2D eigenvalue weighted by molar-refractivity contribution is 7.91. The maximum absolute atomic E-state index is 12.5. The van der Waals surface area contributed by atoms with Crippen molar-refractivity contribution in [1.29, 1.82) is 0 Å². The van der Waals surface area contributed by atoms with Crippen LogP contribution < -0.4 is 10.6 Å². The maximum atomic E-state index is 12.5. The average Bonchev–Trinajstić information content (AvgIpc) is 3.57. The molecule has 0 atom stereocenters. The van der Waals surface area contributed by atoms with E-state index in [-0.39, 0.29) is 47.8 Å². The molecule has 0 radical (unpaired) electrons. The summed E-state index contributed by atoms with van der Waals surface area (Å²) in [5.41, 5.74) is 1.69. The van der Waals surface area contributed by atoms with Crippen LogP contribution in [-0.4, -0.2) is 59.1 Å². The van der Waals surface area contributed by atoms with Gasteiger partial charge in [-0.15, -0.1) is 20.4 Å². The molecule has 12 nitrogen and oxygen atoms in total. The molecule has 0 aliphatic heterocycles. The SMILES string of the molecule is C/C=C\C(=C/C)COC(=O)Nc1nnc(CCS(=O)(=O)CCc2nnc(NC(=O)OCc3ccccc3)s2)s1. The molecular weight excluding hydrogens is 565 g/mol. The van der Waals surface area contributed by atoms with E-state index in [4.69, 9.17) is 9.47 Å². The second kappa shape index (κ2) is 15.0. The molecule has 0 saturated carbocycles. The van der Waals surface area contributed by atoms with Crippen molar-refractivity contribution >= 4 is 55.0 Å². The van der Waals surface area contributed by atoms with E-state index < -0.39 is 22.0 Å². The van der Waals surface area contributed by atoms with Crippen LogP contribution >= 0.6 is 22.7 Å². The van der Waals surface area contributed by atoms with Crippen molar-refractivity contribution in [3.05, 3.63) is 69.7 Å². The minimum absolute atomic E-state index is 0.112. The lowest BCUT2D eigenvalue weighted by Gasteiger charge is -2.04. The molecular formula is C24H28N6O6S3. The fourth-order valence-corrected chi connectivity index (χ4v) is 5.88. The maximum Gasteiger partial charge on any atom is 0.413 e. The number of carbonyl (C=O) groups is 2. The molecule has 0 spiro atoms. The predicted molar refractivity (Wildman–Crippen MR) is 150 cm³/mol. The normalized spacial score (nSPS) is 11.9. The van der Waals surface area contributed by atoms with Gasteiger partial charge in [0.1, 0.15) is 23.2 Å². The highest BCUT2D eigenvalue weighted by Crippen LogP contribution is 2.19. The first-order valence-electron chi connectivity index (χ1n) is 11.8. The molecule has 2 aromatic heterocycles. The van der Waals surface area contributed by atoms with E-state index in [1.807, 2.05) is 62.4 Å². The van der Waals surface area contributed by atoms with E-state index in [2.05, 4.69) is 31.0 Å². The Kier molecular flexibility index (Phi) is 11.5. The fraction of sp³-hybridized carbons (Fsp3) is 0.333. The number of allylic oxidation sites excluding steroid dienone is 2. The fourth-order valence-electron chi connectivity index (χ4n) is 2.96. The number of carbonyl (C=O) groups excluding carboxylic acids is 2. The molecule has 0 fully saturated rings. The molecule has 0 saturated heterocycles. The number of hydrogen-bond acceptors (Lipinski definition) is 12. The van der Waals surface area contributed by atoms with E-state index in [0.29, 0.717) is 10.0 Å². The summed E-state index contributed by atoms with van der Waals surface area (Å²) in [6.45, 7) is 3.93. The van der Waals surface area contributed by atoms with Gasteiger partial charge in [-0.3, -0.25) is 10.6 Å². The molecule has 1 aromatic carbocycles. The monoisotopic (exact) mass is 592 g/mol. The Labute approximate surface area is 234 Å². The van der Waals surface area contributed by atoms with Crippen LogP contribution in [0.15, 0.2) is 54.1 Å². The number of nitrogens with one attached hydrogen (secondary N) is 2. The molecule has 2 amide bonds. The first kappa shape index (κ1) is 29.9. The summed E-state index contributed by atoms with van der Waals surface area (Å²) in [7, 11) is -3.43. The lowest BCUT2D eigenvalue weighted by Crippen LogP contribution is -2.15. The molecule has 208 valence electrons. The van der Waals surface area contributed by atoms with Crippen molar-refractivity contribution in [3.63, 3.8) is 0 Å². The molecule has 15 heteroatoms. The van der Waals surface area contributed by atoms with Crippen molar-refractivity contribution in [2.45, 2.75) is 33.3 Å². The van der Waals surface area contributed by atoms with Gasteiger partial charge in [0.25, 0.3) is 0 Å². The number of nitrogens with zero attached hydrogens (tertiary/aromatic N) is 4. The zero-order valence-electron chi connectivity index (χ0n) is 21.3. The van der Waals surface area contributed by atoms with Crippen LogP contribution in [0.1, 0.15) is 29.4 Å². The van der Waals surface area contributed by atoms with Gasteiger partial charge in [-0.05, 0) is 25.0 Å². The minimum atomic E-state index is -3.43. The summed E-state index contributed by atoms with van der Waals surface area (Å²) in [6, 6.07) is 9.22. The van der Waals surface area contributed by atoms with Gasteiger partial charge < -0.3 is 9.47 Å². The van der Waals surface area contributed by atoms with Crippen LogP contribution in [0.25, 0.3) is 0 Å². The predicted octanol–water partition coefficient (Wildman–Crippen LogP) is 4.41. The summed E-state index contributed by atoms with van der Waals surface area (Å²) >= 11 is 2.16. The second-order valence-electron chi connectivity index (χ2n) is 7.91. The number of rotatable bonds is 13. The Hall–Kier alpha value is -3.69. The summed E-state index contributed by atoms with van der Waals surface area (Å²) in [4.78, 5) is 23.9. The number of amides is 2. The van der Waals surface area contributed by atoms with E-state index in [0.717, 1.165) is 33.8 Å². The lowest BCUT2D eigenvalue weighted by atomic mass is 10.2. The quantitative estimate of drug-likeness (QED) is 0.272. The van der Waals surface area contributed by atoms with Gasteiger partial charge in [-0.25, -0.2) is 18.0 Å². The van der Waals surface area contributed by atoms with Crippen molar-refractivity contribution in [2.24, 2.45) is 0 Å². The van der Waals surface area contributed by atoms with Gasteiger partial charge in [0.2, 0.25) is 10.3 Å². The third-order valence-electron chi connectivity index (χ3n) is 4.94. The van der Waals surface area contributed by atoms with Crippen LogP contribution in [-0.2, 0) is 38.8 Å². The Morgan fingerprint density at radius 2 is 1.44 bits per heavy atom. The van der Waals surface area contributed by atoms with Crippen LogP contribution in [0, 0.1) is 0 Å². The number of benzene rings is 1. The van der Waals surface area contributed by atoms with Crippen molar-refractivity contribution < 1.29 is 27.5 Å². The molecule has 0 bridgehead atoms. The number of anilines is 2. The highest BCUT2D eigenvalue weighted by Gasteiger charge is 2.17. The summed E-state index contributed by atoms with van der Waals surface area (Å²) in [5.74, 6) is -0.286. The molecule has 0 aliphatic rings. The number of ether oxygens (including phenoxy) is 2. The smallest absolute Gasteiger partial charge is 0.413 e. The standard InChI is InChI=1S/C24H28N6O6S3/c1-3-8-17(4-2)15-35-23(31)25-21-29-27-19(37-21)11-13-39(33,34)14-12-20-28-30-22(38-20)26-24(32)36-16-18-9-6-5-7-10-18/h3-10H,11-16H2,1-2H3,(H,25,29,31)(H,26,30,32)/b8-3-,17-4+. The summed E-state index contributed by atoms with van der Waals surface area (Å²) < 4.78 is 35.3. The molecule has 39 heavy (non-hydrogen) atoms. The minimum Gasteiger partial charge on any atom is -0.444 e. The van der Waals surface area contributed by atoms with E-state index in [1.54, 1.807) is 0 Å². The number of sulfone groups is 1. The first-order valence-corrected chi connectivity index (χ1v) is 15.3. The van der Waals surface area contributed by atoms with Gasteiger partial charge in [0.05, 0.1) is 11.5 Å². The molecule has 2 N–H and O–H groups in total. The zero-order chi connectivity index (χ0) is 28.1. The molecule has 3 aromatic rings. The molecule has 3 rings (SSSR count). The van der Waals surface area contributed by atoms with Crippen LogP contribution in [0.3, 0.4) is 0 Å². The average molecular weight is 593 g/mol. The third-order valence-corrected chi connectivity index (χ3v) is 8.39. The number of hydrogen-bond donors (Lipinski definition) is 2. The Morgan fingerprint density at radius 1 is 0.872 bits per heavy atom. The Morgan fingerprint density at radius 3 is 1.97 bits per heavy atom. The topological polar surface area (TPSA) is 162 Å². The van der Waals surface area contributed by atoms with Gasteiger partial charge in [0, 0.05) is 12.8 Å². The van der Waals surface area contributed by atoms with E-state index in [9.17, 15) is 18.0 Å². The number of aromatic nitrogens is 4. The Balaban J connectivity index is 1.38. The summed E-state index contributed by atoms with van der Waals surface area (Å²) in [6.07, 6.45) is 4.46. The van der Waals surface area contributed by atoms with Crippen molar-refractivity contribution in [2.75, 3.05) is 28.7 Å². The zero-order valence-corrected chi connectivity index (χ0v) is 23.8. The second-order valence-corrected chi connectivity index (χ2v) is 12.3. The number of aryl methyl sites for hydroxylation is 2. The van der Waals surface area contributed by atoms with Crippen LogP contribution in [0.5, 0.6) is 0 Å². The van der Waals surface area contributed by atoms with Gasteiger partial charge >= 0.3 is 12.2 Å². The van der Waals surface area contributed by atoms with Crippen molar-refractivity contribution in [3.8, 4) is 0 Å². The van der Waals surface area contributed by atoms with Crippen LogP contribution in [0.4, 0.5) is 19.9 Å². The Bertz CT molecular complexity index is 1400. The highest BCUT2D eigenvalue weighted by atomic mass is 32.2. The molecule has 0 unspecified atom stereocenters. The molecule has 2 heterocycles. The van der Waals surface area contributed by atoms with E-state index >= 15 is 0 Å². The van der Waals surface area contributed by atoms with Crippen molar-refractivity contribution in [1.82, 2.24) is 20.4 Å². The first-order chi connectivity index (χ1) is 18.8. The van der Waals surface area contributed by atoms with Crippen LogP contribution in [0.2, 0.25) is 0 Å². The van der Waals surface area contributed by atoms with E-state index in [1.165, 1.54) is 0 Å². The third kappa shape index (κ3) is 10.9. The summed E-state index contributed by atoms with van der Waals surface area (Å²) in [5, 5.41) is 21.9. The van der Waals surface area contributed by atoms with Gasteiger partial charge in [-0.2, -0.15) is 0 Å².